The molecule has 11 heteroatoms. The highest BCUT2D eigenvalue weighted by Crippen LogP contribution is 2.22. The molecule has 1 fully saturated rings. The molecule has 4 heterocycles. The zero-order chi connectivity index (χ0) is 22.8. The Balaban J connectivity index is 0.00000306. The fourth-order valence-electron chi connectivity index (χ4n) is 4.06. The van der Waals surface area contributed by atoms with E-state index in [0.717, 1.165) is 24.0 Å². The van der Waals surface area contributed by atoms with Gasteiger partial charge in [-0.05, 0) is 31.9 Å². The molecule has 0 spiro atoms. The normalized spacial score (nSPS) is 15.5. The van der Waals surface area contributed by atoms with Gasteiger partial charge in [0.25, 0.3) is 5.56 Å². The first kappa shape index (κ1) is 23.7. The Morgan fingerprint density at radius 3 is 2.79 bits per heavy atom. The molecule has 4 rings (SSSR count). The van der Waals surface area contributed by atoms with Crippen molar-refractivity contribution in [1.29, 1.82) is 5.26 Å². The van der Waals surface area contributed by atoms with Crippen molar-refractivity contribution in [2.24, 2.45) is 12.8 Å². The number of hydrogen-bond donors (Lipinski definition) is 1. The largest absolute Gasteiger partial charge is 0.412 e. The first-order chi connectivity index (χ1) is 15.5. The average Bonchev–Trinajstić information content (AvgIpc) is 3.19. The molecule has 0 unspecified atom stereocenters. The number of pyridine rings is 1. The standard InChI is InChI=1S/C22H24N8O2.H2O/c1-3-4-11-29-18-19(26-21(29)28-10-6-8-16(24)13-28)27(2)22(32)30(20(18)31)14-17-15(12-23)7-5-9-25-17;/h5,7,9,16H,6,8,10-11,13-14,24H2,1-2H3;1H2/t16-;/m1./s1. The van der Waals surface area contributed by atoms with Gasteiger partial charge in [-0.2, -0.15) is 10.2 Å². The van der Waals surface area contributed by atoms with Crippen LogP contribution in [0.15, 0.2) is 27.9 Å². The number of nitrogens with two attached hydrogens (primary N) is 1. The first-order valence-corrected chi connectivity index (χ1v) is 10.4. The molecule has 0 saturated carbocycles. The molecule has 0 radical (unpaired) electrons. The van der Waals surface area contributed by atoms with E-state index in [1.807, 2.05) is 4.90 Å². The number of aryl methyl sites for hydroxylation is 1. The molecule has 0 aliphatic carbocycles. The summed E-state index contributed by atoms with van der Waals surface area (Å²) in [4.78, 5) is 37.5. The fraction of sp³-hybridized carbons (Fsp3) is 0.409. The summed E-state index contributed by atoms with van der Waals surface area (Å²) < 4.78 is 4.20. The van der Waals surface area contributed by atoms with E-state index in [9.17, 15) is 14.9 Å². The van der Waals surface area contributed by atoms with Gasteiger partial charge in [-0.15, -0.1) is 5.92 Å². The molecule has 172 valence electrons. The topological polar surface area (TPSA) is 159 Å². The molecule has 11 nitrogen and oxygen atoms in total. The van der Waals surface area contributed by atoms with Crippen LogP contribution in [0.4, 0.5) is 5.95 Å². The van der Waals surface area contributed by atoms with Gasteiger partial charge in [-0.25, -0.2) is 4.79 Å². The summed E-state index contributed by atoms with van der Waals surface area (Å²) in [6.45, 7) is 3.26. The number of aromatic nitrogens is 5. The molecule has 4 N–H and O–H groups in total. The van der Waals surface area contributed by atoms with E-state index in [1.165, 1.54) is 10.8 Å². The second-order valence-corrected chi connectivity index (χ2v) is 7.79. The highest BCUT2D eigenvalue weighted by atomic mass is 16.2. The van der Waals surface area contributed by atoms with Gasteiger partial charge in [0.15, 0.2) is 11.2 Å². The molecule has 3 aromatic rings. The van der Waals surface area contributed by atoms with Gasteiger partial charge in [0.1, 0.15) is 6.07 Å². The second-order valence-electron chi connectivity index (χ2n) is 7.79. The van der Waals surface area contributed by atoms with Crippen LogP contribution >= 0.6 is 0 Å². The van der Waals surface area contributed by atoms with E-state index < -0.39 is 11.2 Å². The summed E-state index contributed by atoms with van der Waals surface area (Å²) in [5.41, 5.74) is 6.41. The first-order valence-electron chi connectivity index (χ1n) is 10.4. The minimum atomic E-state index is -0.523. The Labute approximate surface area is 190 Å². The lowest BCUT2D eigenvalue weighted by Crippen LogP contribution is -2.44. The van der Waals surface area contributed by atoms with Gasteiger partial charge in [-0.1, -0.05) is 5.92 Å². The number of hydrogen-bond acceptors (Lipinski definition) is 7. The lowest BCUT2D eigenvalue weighted by molar-refractivity contribution is 0.496. The molecule has 33 heavy (non-hydrogen) atoms. The van der Waals surface area contributed by atoms with Crippen LogP contribution in [-0.4, -0.2) is 48.3 Å². The molecular weight excluding hydrogens is 424 g/mol. The second kappa shape index (κ2) is 9.69. The monoisotopic (exact) mass is 450 g/mol. The van der Waals surface area contributed by atoms with E-state index in [-0.39, 0.29) is 24.6 Å². The van der Waals surface area contributed by atoms with Crippen molar-refractivity contribution in [3.63, 3.8) is 0 Å². The smallest absolute Gasteiger partial charge is 0.332 e. The van der Waals surface area contributed by atoms with Crippen LogP contribution in [0, 0.1) is 23.2 Å². The zero-order valence-corrected chi connectivity index (χ0v) is 18.6. The van der Waals surface area contributed by atoms with E-state index >= 15 is 0 Å². The van der Waals surface area contributed by atoms with Crippen molar-refractivity contribution in [3.05, 3.63) is 50.4 Å². The van der Waals surface area contributed by atoms with Crippen molar-refractivity contribution < 1.29 is 5.48 Å². The summed E-state index contributed by atoms with van der Waals surface area (Å²) in [7, 11) is 1.58. The Kier molecular flexibility index (Phi) is 6.97. The van der Waals surface area contributed by atoms with Crippen molar-refractivity contribution in [3.8, 4) is 17.9 Å². The number of nitrogens with zero attached hydrogens (tertiary/aromatic N) is 7. The summed E-state index contributed by atoms with van der Waals surface area (Å²) >= 11 is 0. The van der Waals surface area contributed by atoms with Crippen LogP contribution < -0.4 is 21.9 Å². The predicted molar refractivity (Wildman–Crippen MR) is 124 cm³/mol. The number of anilines is 1. The van der Waals surface area contributed by atoms with Gasteiger partial charge in [0, 0.05) is 32.4 Å². The molecule has 3 aromatic heterocycles. The molecule has 0 amide bonds. The van der Waals surface area contributed by atoms with Gasteiger partial charge >= 0.3 is 5.69 Å². The number of rotatable bonds is 4. The minimum Gasteiger partial charge on any atom is -0.412 e. The molecule has 1 aliphatic rings. The molecule has 0 bridgehead atoms. The lowest BCUT2D eigenvalue weighted by atomic mass is 10.1. The Hall–Kier alpha value is -3.93. The fourth-order valence-corrected chi connectivity index (χ4v) is 4.06. The highest BCUT2D eigenvalue weighted by Gasteiger charge is 2.26. The van der Waals surface area contributed by atoms with Gasteiger partial charge in [0.2, 0.25) is 5.95 Å². The van der Waals surface area contributed by atoms with Crippen LogP contribution in [0.5, 0.6) is 0 Å². The molecule has 1 saturated heterocycles. The Morgan fingerprint density at radius 1 is 1.30 bits per heavy atom. The lowest BCUT2D eigenvalue weighted by Gasteiger charge is -2.31. The van der Waals surface area contributed by atoms with Crippen LogP contribution in [0.1, 0.15) is 31.0 Å². The van der Waals surface area contributed by atoms with Gasteiger partial charge < -0.3 is 16.1 Å². The zero-order valence-electron chi connectivity index (χ0n) is 18.6. The third-order valence-corrected chi connectivity index (χ3v) is 5.69. The summed E-state index contributed by atoms with van der Waals surface area (Å²) in [5, 5.41) is 9.37. The Bertz CT molecular complexity index is 1400. The molecular formula is C22H26N8O3. The average molecular weight is 451 g/mol. The maximum absolute atomic E-state index is 13.5. The van der Waals surface area contributed by atoms with Gasteiger partial charge in [0.05, 0.1) is 24.3 Å². The van der Waals surface area contributed by atoms with E-state index in [2.05, 4.69) is 27.9 Å². The predicted octanol–water partition coefficient (Wildman–Crippen LogP) is -0.662. The SMILES string of the molecule is CC#CCn1c(N2CCC[C@@H](N)C2)nc2c1c(=O)n(Cc1ncccc1C#N)c(=O)n2C.O. The summed E-state index contributed by atoms with van der Waals surface area (Å²) in [5.74, 6) is 6.45. The van der Waals surface area contributed by atoms with Crippen molar-refractivity contribution in [2.75, 3.05) is 18.0 Å². The third-order valence-electron chi connectivity index (χ3n) is 5.69. The van der Waals surface area contributed by atoms with E-state index in [1.54, 1.807) is 30.7 Å². The van der Waals surface area contributed by atoms with Crippen LogP contribution in [0.2, 0.25) is 0 Å². The number of piperidine rings is 1. The molecule has 1 atom stereocenters. The van der Waals surface area contributed by atoms with Crippen LogP contribution in [-0.2, 0) is 20.1 Å². The van der Waals surface area contributed by atoms with E-state index in [0.29, 0.717) is 34.9 Å². The van der Waals surface area contributed by atoms with Crippen molar-refractivity contribution in [1.82, 2.24) is 23.7 Å². The van der Waals surface area contributed by atoms with Crippen molar-refractivity contribution >= 4 is 17.1 Å². The maximum atomic E-state index is 13.5. The minimum absolute atomic E-state index is 0. The van der Waals surface area contributed by atoms with Crippen LogP contribution in [0.25, 0.3) is 11.2 Å². The number of nitriles is 1. The maximum Gasteiger partial charge on any atom is 0.332 e. The van der Waals surface area contributed by atoms with Gasteiger partial charge in [-0.3, -0.25) is 23.5 Å². The van der Waals surface area contributed by atoms with E-state index in [4.69, 9.17) is 5.73 Å². The number of imidazole rings is 1. The van der Waals surface area contributed by atoms with Crippen molar-refractivity contribution in [2.45, 2.75) is 38.9 Å². The highest BCUT2D eigenvalue weighted by molar-refractivity contribution is 5.75. The Morgan fingerprint density at radius 2 is 2.09 bits per heavy atom. The van der Waals surface area contributed by atoms with Crippen LogP contribution in [0.3, 0.4) is 0 Å². The summed E-state index contributed by atoms with van der Waals surface area (Å²) in [6.07, 6.45) is 3.38. The summed E-state index contributed by atoms with van der Waals surface area (Å²) in [6, 6.07) is 5.32. The third kappa shape index (κ3) is 4.24. The quantitative estimate of drug-likeness (QED) is 0.516. The molecule has 1 aliphatic heterocycles. The number of fused-ring (bicyclic) bond motifs is 1. The molecule has 0 aromatic carbocycles.